The number of aromatic hydroxyl groups is 1. The lowest BCUT2D eigenvalue weighted by Gasteiger charge is -2.50. The Hall–Kier alpha value is -4.07. The van der Waals surface area contributed by atoms with E-state index in [4.69, 9.17) is 5.73 Å². The molecule has 4 atom stereocenters. The lowest BCUT2D eigenvalue weighted by atomic mass is 9.57. The molecular formula is C26H29N3O10. The van der Waals surface area contributed by atoms with Crippen molar-refractivity contribution in [2.24, 2.45) is 17.6 Å². The van der Waals surface area contributed by atoms with Gasteiger partial charge in [-0.05, 0) is 50.6 Å². The number of esters is 1. The molecule has 0 saturated heterocycles. The van der Waals surface area contributed by atoms with E-state index in [2.05, 4.69) is 10.1 Å². The number of methoxy groups -OCH3 is 1. The summed E-state index contributed by atoms with van der Waals surface area (Å²) in [6, 6.07) is 1.31. The number of phenolic OH excluding ortho intramolecular Hbond substituents is 1. The maximum atomic E-state index is 13.8. The third-order valence-electron chi connectivity index (χ3n) is 7.69. The fourth-order valence-corrected chi connectivity index (χ4v) is 5.95. The van der Waals surface area contributed by atoms with Crippen LogP contribution in [0.4, 0.5) is 0 Å². The van der Waals surface area contributed by atoms with Gasteiger partial charge in [0.2, 0.25) is 5.78 Å². The highest BCUT2D eigenvalue weighted by Crippen LogP contribution is 2.52. The molecule has 13 heteroatoms. The number of rotatable bonds is 7. The number of amides is 1. The smallest absolute Gasteiger partial charge is 0.319 e. The van der Waals surface area contributed by atoms with Crippen molar-refractivity contribution in [1.29, 1.82) is 0 Å². The normalized spacial score (nSPS) is 26.2. The van der Waals surface area contributed by atoms with Crippen LogP contribution in [0, 0.1) is 11.8 Å². The summed E-state index contributed by atoms with van der Waals surface area (Å²) in [7, 11) is 4.21. The molecule has 0 spiro atoms. The number of carbonyl (C=O) groups excluding carboxylic acids is 5. The molecule has 0 radical (unpaired) electrons. The van der Waals surface area contributed by atoms with Crippen LogP contribution in [0.25, 0.3) is 5.76 Å². The van der Waals surface area contributed by atoms with Gasteiger partial charge in [0, 0.05) is 17.1 Å². The van der Waals surface area contributed by atoms with Gasteiger partial charge in [0.15, 0.2) is 17.2 Å². The van der Waals surface area contributed by atoms with Gasteiger partial charge in [-0.15, -0.1) is 0 Å². The third-order valence-corrected chi connectivity index (χ3v) is 7.69. The van der Waals surface area contributed by atoms with E-state index in [0.717, 1.165) is 6.07 Å². The van der Waals surface area contributed by atoms with Gasteiger partial charge in [0.05, 0.1) is 31.8 Å². The number of ether oxygens (including phenoxy) is 1. The highest BCUT2D eigenvalue weighted by Gasteiger charge is 2.64. The lowest BCUT2D eigenvalue weighted by molar-refractivity contribution is -0.153. The van der Waals surface area contributed by atoms with Gasteiger partial charge in [-0.2, -0.15) is 0 Å². The predicted molar refractivity (Wildman–Crippen MR) is 133 cm³/mol. The molecule has 1 aromatic carbocycles. The number of ketones is 3. The number of aliphatic hydroxyl groups excluding tert-OH is 2. The Morgan fingerprint density at radius 2 is 1.82 bits per heavy atom. The number of fused-ring (bicyclic) bond motifs is 3. The Morgan fingerprint density at radius 3 is 2.41 bits per heavy atom. The molecule has 0 aromatic heterocycles. The fraction of sp³-hybridized carbons (Fsp3) is 0.423. The standard InChI is InChI=1S/C26H29N3O10/c1-29(2)20-13-7-10-6-12-11(15(31)8-28-9-16(32)39-3)4-5-14(30)18(12)21(33)17(10)23(35)26(13,38)24(36)19(22(20)34)25(27)37/h4-5,10,13,20,28,30,33,36,38H,6-9H2,1-3H3,(H2,27,37)/t10-,13-,20+,26-/m0/s1. The zero-order valence-electron chi connectivity index (χ0n) is 21.5. The van der Waals surface area contributed by atoms with Crippen molar-refractivity contribution in [2.45, 2.75) is 24.5 Å². The summed E-state index contributed by atoms with van der Waals surface area (Å²) >= 11 is 0. The van der Waals surface area contributed by atoms with Gasteiger partial charge in [0.1, 0.15) is 22.8 Å². The van der Waals surface area contributed by atoms with Crippen LogP contribution in [0.15, 0.2) is 29.0 Å². The number of carbonyl (C=O) groups is 5. The monoisotopic (exact) mass is 543 g/mol. The quantitative estimate of drug-likeness (QED) is 0.137. The minimum absolute atomic E-state index is 0.0268. The van der Waals surface area contributed by atoms with E-state index < -0.39 is 75.5 Å². The van der Waals surface area contributed by atoms with Gasteiger partial charge in [-0.25, -0.2) is 0 Å². The molecule has 1 fully saturated rings. The van der Waals surface area contributed by atoms with E-state index in [0.29, 0.717) is 0 Å². The molecule has 1 amide bonds. The summed E-state index contributed by atoms with van der Waals surface area (Å²) < 4.78 is 4.53. The van der Waals surface area contributed by atoms with Gasteiger partial charge in [-0.1, -0.05) is 0 Å². The molecule has 3 aliphatic rings. The second-order valence-electron chi connectivity index (χ2n) is 10.1. The first-order valence-corrected chi connectivity index (χ1v) is 12.1. The maximum Gasteiger partial charge on any atom is 0.319 e. The highest BCUT2D eigenvalue weighted by atomic mass is 16.5. The lowest BCUT2D eigenvalue weighted by Crippen LogP contribution is -2.65. The van der Waals surface area contributed by atoms with Crippen LogP contribution in [-0.4, -0.2) is 100 Å². The zero-order valence-corrected chi connectivity index (χ0v) is 21.5. The summed E-state index contributed by atoms with van der Waals surface area (Å²) in [6.45, 7) is -0.485. The molecule has 0 bridgehead atoms. The number of phenols is 1. The molecule has 1 aromatic rings. The highest BCUT2D eigenvalue weighted by molar-refractivity contribution is 6.24. The number of Topliss-reactive ketones (excluding diaryl/α,β-unsaturated/α-hetero) is 3. The van der Waals surface area contributed by atoms with Crippen LogP contribution in [0.3, 0.4) is 0 Å². The van der Waals surface area contributed by atoms with Gasteiger partial charge < -0.3 is 30.9 Å². The van der Waals surface area contributed by atoms with Gasteiger partial charge >= 0.3 is 5.97 Å². The van der Waals surface area contributed by atoms with Crippen LogP contribution in [-0.2, 0) is 30.3 Å². The summed E-state index contributed by atoms with van der Waals surface area (Å²) in [5.74, 6) is -8.71. The molecule has 7 N–H and O–H groups in total. The SMILES string of the molecule is COC(=O)CNCC(=O)c1ccc(O)c2c1C[C@H]1C[C@H]3[C@@H](N(C)C)C(=O)C(C(N)=O)=C(O)[C@@]3(O)C(=O)C1=C2O. The minimum atomic E-state index is -2.74. The molecule has 3 aliphatic carbocycles. The Balaban J connectivity index is 1.84. The first-order valence-electron chi connectivity index (χ1n) is 12.1. The zero-order chi connectivity index (χ0) is 29.0. The number of likely N-dealkylation sites (N-methyl/N-ethyl adjacent to an activating group) is 1. The van der Waals surface area contributed by atoms with Crippen LogP contribution in [0.1, 0.15) is 27.9 Å². The maximum absolute atomic E-state index is 13.8. The minimum Gasteiger partial charge on any atom is -0.508 e. The summed E-state index contributed by atoms with van der Waals surface area (Å²) in [5, 5.41) is 46.9. The average Bonchev–Trinajstić information content (AvgIpc) is 2.85. The number of nitrogens with zero attached hydrogens (tertiary/aromatic N) is 1. The van der Waals surface area contributed by atoms with Gasteiger partial charge in [0.25, 0.3) is 5.91 Å². The average molecular weight is 544 g/mol. The van der Waals surface area contributed by atoms with Crippen molar-refractivity contribution in [2.75, 3.05) is 34.3 Å². The fourth-order valence-electron chi connectivity index (χ4n) is 5.95. The second-order valence-corrected chi connectivity index (χ2v) is 10.1. The molecular weight excluding hydrogens is 514 g/mol. The number of hydrogen-bond acceptors (Lipinski definition) is 12. The van der Waals surface area contributed by atoms with Crippen molar-refractivity contribution in [3.63, 3.8) is 0 Å². The van der Waals surface area contributed by atoms with Crippen molar-refractivity contribution >= 4 is 35.0 Å². The molecule has 4 rings (SSSR count). The summed E-state index contributed by atoms with van der Waals surface area (Å²) in [5.41, 5.74) is 1.53. The van der Waals surface area contributed by atoms with Crippen molar-refractivity contribution < 1.29 is 49.1 Å². The van der Waals surface area contributed by atoms with Crippen molar-refractivity contribution in [3.8, 4) is 5.75 Å². The first kappa shape index (κ1) is 28.0. The van der Waals surface area contributed by atoms with Crippen LogP contribution < -0.4 is 11.1 Å². The van der Waals surface area contributed by atoms with Gasteiger partial charge in [-0.3, -0.25) is 34.2 Å². The number of primary amides is 1. The van der Waals surface area contributed by atoms with Crippen LogP contribution in [0.2, 0.25) is 0 Å². The van der Waals surface area contributed by atoms with Crippen molar-refractivity contribution in [1.82, 2.24) is 10.2 Å². The Bertz CT molecular complexity index is 1380. The molecule has 13 nitrogen and oxygen atoms in total. The van der Waals surface area contributed by atoms with Crippen LogP contribution in [0.5, 0.6) is 5.75 Å². The van der Waals surface area contributed by atoms with E-state index in [-0.39, 0.29) is 48.2 Å². The Kier molecular flexibility index (Phi) is 7.10. The van der Waals surface area contributed by atoms with E-state index >= 15 is 0 Å². The predicted octanol–water partition coefficient (Wildman–Crippen LogP) is -1.09. The Morgan fingerprint density at radius 1 is 1.15 bits per heavy atom. The molecule has 0 aliphatic heterocycles. The number of nitrogens with one attached hydrogen (secondary N) is 1. The number of nitrogens with two attached hydrogens (primary N) is 1. The molecule has 0 unspecified atom stereocenters. The molecule has 0 heterocycles. The summed E-state index contributed by atoms with van der Waals surface area (Å²) in [4.78, 5) is 64.8. The molecule has 1 saturated carbocycles. The first-order chi connectivity index (χ1) is 18.3. The topological polar surface area (TPSA) is 217 Å². The second kappa shape index (κ2) is 9.91. The number of aliphatic hydroxyl groups is 3. The number of benzene rings is 1. The third kappa shape index (κ3) is 4.18. The Labute approximate surface area is 222 Å². The van der Waals surface area contributed by atoms with E-state index in [1.807, 2.05) is 0 Å². The largest absolute Gasteiger partial charge is 0.508 e. The molecule has 39 heavy (non-hydrogen) atoms. The van der Waals surface area contributed by atoms with Crippen LogP contribution >= 0.6 is 0 Å². The van der Waals surface area contributed by atoms with Crippen molar-refractivity contribution in [3.05, 3.63) is 45.7 Å². The van der Waals surface area contributed by atoms with E-state index in [1.165, 1.54) is 32.2 Å². The van der Waals surface area contributed by atoms with E-state index in [1.54, 1.807) is 0 Å². The number of hydrogen-bond donors (Lipinski definition) is 6. The summed E-state index contributed by atoms with van der Waals surface area (Å²) in [6.07, 6.45) is -0.128. The molecule has 208 valence electrons. The van der Waals surface area contributed by atoms with E-state index in [9.17, 15) is 44.4 Å².